The Morgan fingerprint density at radius 2 is 1.65 bits per heavy atom. The van der Waals surface area contributed by atoms with Crippen molar-refractivity contribution in [1.82, 2.24) is 10.2 Å². The fraction of sp³-hybridized carbons (Fsp3) is 0.296. The number of nitrogens with one attached hydrogen (secondary N) is 2. The Labute approximate surface area is 198 Å². The minimum atomic E-state index is -0.451. The first-order valence-corrected chi connectivity index (χ1v) is 11.8. The molecule has 34 heavy (non-hydrogen) atoms. The van der Waals surface area contributed by atoms with Crippen molar-refractivity contribution in [2.75, 3.05) is 36.4 Å². The average molecular weight is 457 g/mol. The van der Waals surface area contributed by atoms with E-state index in [1.54, 1.807) is 0 Å². The first kappa shape index (κ1) is 21.9. The summed E-state index contributed by atoms with van der Waals surface area (Å²) in [5, 5.41) is 7.89. The highest BCUT2D eigenvalue weighted by atomic mass is 16.2. The summed E-state index contributed by atoms with van der Waals surface area (Å²) in [5.74, 6) is -0.102. The van der Waals surface area contributed by atoms with Gasteiger partial charge in [-0.15, -0.1) is 0 Å². The lowest BCUT2D eigenvalue weighted by molar-refractivity contribution is -0.130. The van der Waals surface area contributed by atoms with Crippen molar-refractivity contribution in [2.45, 2.75) is 25.3 Å². The Morgan fingerprint density at radius 3 is 2.35 bits per heavy atom. The fourth-order valence-electron chi connectivity index (χ4n) is 4.64. The Morgan fingerprint density at radius 1 is 0.912 bits per heavy atom. The summed E-state index contributed by atoms with van der Waals surface area (Å²) in [6.45, 7) is 2.91. The molecular weight excluding hydrogens is 428 g/mol. The topological polar surface area (TPSA) is 81.8 Å². The molecule has 3 amide bonds. The van der Waals surface area contributed by atoms with Crippen LogP contribution >= 0.6 is 0 Å². The summed E-state index contributed by atoms with van der Waals surface area (Å²) in [6.07, 6.45) is 1.35. The average Bonchev–Trinajstić information content (AvgIpc) is 3.31. The van der Waals surface area contributed by atoms with E-state index in [1.165, 1.54) is 5.39 Å². The molecule has 7 nitrogen and oxygen atoms in total. The van der Waals surface area contributed by atoms with Crippen molar-refractivity contribution in [2.24, 2.45) is 0 Å². The number of amides is 3. The largest absolute Gasteiger partial charge is 0.368 e. The van der Waals surface area contributed by atoms with Gasteiger partial charge < -0.3 is 20.4 Å². The first-order valence-electron chi connectivity index (χ1n) is 11.8. The van der Waals surface area contributed by atoms with Crippen LogP contribution in [0.15, 0.2) is 66.7 Å². The number of piperazine rings is 1. The van der Waals surface area contributed by atoms with Crippen LogP contribution in [0.4, 0.5) is 11.4 Å². The molecule has 1 atom stereocenters. The fourth-order valence-corrected chi connectivity index (χ4v) is 4.64. The van der Waals surface area contributed by atoms with Crippen LogP contribution in [-0.4, -0.2) is 54.8 Å². The molecule has 5 rings (SSSR count). The van der Waals surface area contributed by atoms with Crippen LogP contribution in [0.5, 0.6) is 0 Å². The van der Waals surface area contributed by atoms with E-state index >= 15 is 0 Å². The van der Waals surface area contributed by atoms with Crippen LogP contribution in [0.2, 0.25) is 0 Å². The van der Waals surface area contributed by atoms with E-state index in [0.717, 1.165) is 29.7 Å². The zero-order valence-electron chi connectivity index (χ0n) is 19.0. The van der Waals surface area contributed by atoms with E-state index in [-0.39, 0.29) is 17.7 Å². The highest BCUT2D eigenvalue weighted by Crippen LogP contribution is 2.21. The van der Waals surface area contributed by atoms with Gasteiger partial charge in [-0.05, 0) is 47.0 Å². The third-order valence-electron chi connectivity index (χ3n) is 6.61. The molecule has 0 spiro atoms. The summed E-state index contributed by atoms with van der Waals surface area (Å²) >= 11 is 0. The highest BCUT2D eigenvalue weighted by molar-refractivity contribution is 5.99. The van der Waals surface area contributed by atoms with Gasteiger partial charge in [0.05, 0.1) is 6.42 Å². The molecule has 2 fully saturated rings. The highest BCUT2D eigenvalue weighted by Gasteiger charge is 2.27. The number of fused-ring (bicyclic) bond motifs is 1. The molecule has 1 unspecified atom stereocenters. The predicted octanol–water partition coefficient (Wildman–Crippen LogP) is 2.95. The molecule has 3 aromatic carbocycles. The van der Waals surface area contributed by atoms with Gasteiger partial charge in [-0.25, -0.2) is 0 Å². The summed E-state index contributed by atoms with van der Waals surface area (Å²) in [5.41, 5.74) is 2.81. The lowest BCUT2D eigenvalue weighted by atomic mass is 10.0. The molecule has 0 aliphatic carbocycles. The Kier molecular flexibility index (Phi) is 6.16. The molecule has 2 N–H and O–H groups in total. The van der Waals surface area contributed by atoms with Crippen molar-refractivity contribution < 1.29 is 14.4 Å². The van der Waals surface area contributed by atoms with Crippen LogP contribution in [0.3, 0.4) is 0 Å². The SMILES string of the molecule is O=C1CCC(C(=O)Nc2ccc(N3CCN(C(=O)Cc4ccc5ccccc5c4)CC3)cc2)N1. The maximum atomic E-state index is 12.9. The molecule has 0 bridgehead atoms. The zero-order valence-corrected chi connectivity index (χ0v) is 19.0. The van der Waals surface area contributed by atoms with Crippen molar-refractivity contribution in [3.05, 3.63) is 72.3 Å². The van der Waals surface area contributed by atoms with E-state index in [4.69, 9.17) is 0 Å². The summed E-state index contributed by atoms with van der Waals surface area (Å²) in [6, 6.07) is 21.7. The third-order valence-corrected chi connectivity index (χ3v) is 6.61. The predicted molar refractivity (Wildman–Crippen MR) is 133 cm³/mol. The first-order chi connectivity index (χ1) is 16.5. The van der Waals surface area contributed by atoms with Crippen molar-refractivity contribution in [1.29, 1.82) is 0 Å². The van der Waals surface area contributed by atoms with Gasteiger partial charge in [0.15, 0.2) is 0 Å². The molecule has 174 valence electrons. The van der Waals surface area contributed by atoms with Crippen molar-refractivity contribution in [3.63, 3.8) is 0 Å². The number of carbonyl (C=O) groups excluding carboxylic acids is 3. The van der Waals surface area contributed by atoms with Crippen molar-refractivity contribution in [3.8, 4) is 0 Å². The number of hydrogen-bond acceptors (Lipinski definition) is 4. The lowest BCUT2D eigenvalue weighted by Crippen LogP contribution is -2.49. The second-order valence-electron chi connectivity index (χ2n) is 8.92. The Hall–Kier alpha value is -3.87. The van der Waals surface area contributed by atoms with Gasteiger partial charge in [0.25, 0.3) is 0 Å². The molecule has 7 heteroatoms. The van der Waals surface area contributed by atoms with Gasteiger partial charge in [-0.3, -0.25) is 14.4 Å². The molecule has 0 saturated carbocycles. The second-order valence-corrected chi connectivity index (χ2v) is 8.92. The number of rotatable bonds is 5. The standard InChI is InChI=1S/C27H28N4O3/c32-25-12-11-24(29-25)27(34)28-22-7-9-23(10-8-22)30-13-15-31(16-14-30)26(33)18-19-5-6-20-3-1-2-4-21(20)17-19/h1-10,17,24H,11-16,18H2,(H,28,34)(H,29,32). The van der Waals surface area contributed by atoms with Gasteiger partial charge in [-0.2, -0.15) is 0 Å². The number of hydrogen-bond donors (Lipinski definition) is 2. The van der Waals surface area contributed by atoms with Crippen LogP contribution in [-0.2, 0) is 20.8 Å². The van der Waals surface area contributed by atoms with Gasteiger partial charge in [0.2, 0.25) is 17.7 Å². The zero-order chi connectivity index (χ0) is 23.5. The second kappa shape index (κ2) is 9.55. The molecular formula is C27H28N4O3. The minimum Gasteiger partial charge on any atom is -0.368 e. The van der Waals surface area contributed by atoms with Gasteiger partial charge in [0, 0.05) is 44.0 Å². The van der Waals surface area contributed by atoms with Crippen LogP contribution < -0.4 is 15.5 Å². The van der Waals surface area contributed by atoms with Crippen LogP contribution in [0.1, 0.15) is 18.4 Å². The number of carbonyl (C=O) groups is 3. The number of nitrogens with zero attached hydrogens (tertiary/aromatic N) is 2. The molecule has 0 radical (unpaired) electrons. The van der Waals surface area contributed by atoms with E-state index in [0.29, 0.717) is 38.0 Å². The van der Waals surface area contributed by atoms with Gasteiger partial charge >= 0.3 is 0 Å². The Bertz CT molecular complexity index is 1220. The van der Waals surface area contributed by atoms with E-state index in [1.807, 2.05) is 47.4 Å². The normalized spacial score (nSPS) is 18.1. The lowest BCUT2D eigenvalue weighted by Gasteiger charge is -2.36. The number of benzene rings is 3. The molecule has 2 aliphatic heterocycles. The van der Waals surface area contributed by atoms with E-state index in [2.05, 4.69) is 39.8 Å². The van der Waals surface area contributed by atoms with Crippen LogP contribution in [0, 0.1) is 0 Å². The molecule has 3 aromatic rings. The number of anilines is 2. The molecule has 2 saturated heterocycles. The van der Waals surface area contributed by atoms with Gasteiger partial charge in [-0.1, -0.05) is 42.5 Å². The monoisotopic (exact) mass is 456 g/mol. The summed E-state index contributed by atoms with van der Waals surface area (Å²) in [4.78, 5) is 40.6. The summed E-state index contributed by atoms with van der Waals surface area (Å²) < 4.78 is 0. The molecule has 0 aromatic heterocycles. The van der Waals surface area contributed by atoms with Crippen molar-refractivity contribution >= 4 is 39.9 Å². The minimum absolute atomic E-state index is 0.0783. The van der Waals surface area contributed by atoms with Gasteiger partial charge in [0.1, 0.15) is 6.04 Å². The maximum Gasteiger partial charge on any atom is 0.246 e. The summed E-state index contributed by atoms with van der Waals surface area (Å²) in [7, 11) is 0. The van der Waals surface area contributed by atoms with Crippen LogP contribution in [0.25, 0.3) is 10.8 Å². The van der Waals surface area contributed by atoms with E-state index < -0.39 is 6.04 Å². The maximum absolute atomic E-state index is 12.9. The van der Waals surface area contributed by atoms with E-state index in [9.17, 15) is 14.4 Å². The molecule has 2 aliphatic rings. The third kappa shape index (κ3) is 4.88. The molecule has 2 heterocycles. The quantitative estimate of drug-likeness (QED) is 0.619. The Balaban J connectivity index is 1.13. The smallest absolute Gasteiger partial charge is 0.246 e.